The second-order valence-electron chi connectivity index (χ2n) is 3.43. The van der Waals surface area contributed by atoms with E-state index in [0.717, 1.165) is 17.1 Å². The van der Waals surface area contributed by atoms with Gasteiger partial charge in [0.25, 0.3) is 0 Å². The first-order valence-electron chi connectivity index (χ1n) is 5.41. The molecule has 4 heteroatoms. The van der Waals surface area contributed by atoms with Crippen molar-refractivity contribution in [2.45, 2.75) is 5.38 Å². The number of carbonyl (C=O) groups excluding carboxylic acids is 1. The van der Waals surface area contributed by atoms with Crippen molar-refractivity contribution in [1.29, 1.82) is 0 Å². The fraction of sp³-hybridized carbons (Fsp3) is 0.308. The third kappa shape index (κ3) is 5.29. The molecule has 0 aliphatic heterocycles. The van der Waals surface area contributed by atoms with E-state index in [1.54, 1.807) is 11.8 Å². The SMILES string of the molecule is C=CCSCCNC(=O)C(Cl)c1ccccc1. The van der Waals surface area contributed by atoms with Crippen molar-refractivity contribution < 1.29 is 4.79 Å². The summed E-state index contributed by atoms with van der Waals surface area (Å²) in [4.78, 5) is 11.7. The summed E-state index contributed by atoms with van der Waals surface area (Å²) in [5, 5.41) is 2.20. The van der Waals surface area contributed by atoms with Gasteiger partial charge >= 0.3 is 0 Å². The molecule has 2 nitrogen and oxygen atoms in total. The summed E-state index contributed by atoms with van der Waals surface area (Å²) in [6.07, 6.45) is 1.85. The van der Waals surface area contributed by atoms with Gasteiger partial charge in [0, 0.05) is 18.1 Å². The molecule has 0 radical (unpaired) electrons. The predicted molar refractivity (Wildman–Crippen MR) is 75.6 cm³/mol. The van der Waals surface area contributed by atoms with Gasteiger partial charge in [0.05, 0.1) is 0 Å². The van der Waals surface area contributed by atoms with Crippen molar-refractivity contribution in [3.63, 3.8) is 0 Å². The number of hydrogen-bond donors (Lipinski definition) is 1. The van der Waals surface area contributed by atoms with E-state index in [1.807, 2.05) is 36.4 Å². The molecular formula is C13H16ClNOS. The zero-order chi connectivity index (χ0) is 12.5. The minimum atomic E-state index is -0.611. The Morgan fingerprint density at radius 2 is 2.18 bits per heavy atom. The van der Waals surface area contributed by atoms with Crippen LogP contribution in [0, 0.1) is 0 Å². The molecule has 92 valence electrons. The van der Waals surface area contributed by atoms with Gasteiger partial charge in [-0.2, -0.15) is 11.8 Å². The number of carbonyl (C=O) groups is 1. The highest BCUT2D eigenvalue weighted by molar-refractivity contribution is 7.99. The Kier molecular flexibility index (Phi) is 6.82. The largest absolute Gasteiger partial charge is 0.354 e. The number of rotatable bonds is 7. The molecule has 1 unspecified atom stereocenters. The summed E-state index contributed by atoms with van der Waals surface area (Å²) in [7, 11) is 0. The van der Waals surface area contributed by atoms with Crippen molar-refractivity contribution in [3.05, 3.63) is 48.6 Å². The van der Waals surface area contributed by atoms with E-state index >= 15 is 0 Å². The maximum atomic E-state index is 11.7. The molecule has 0 spiro atoms. The van der Waals surface area contributed by atoms with Gasteiger partial charge in [-0.25, -0.2) is 0 Å². The summed E-state index contributed by atoms with van der Waals surface area (Å²) in [6.45, 7) is 4.26. The molecule has 0 saturated heterocycles. The van der Waals surface area contributed by atoms with Crippen LogP contribution in [0.4, 0.5) is 0 Å². The van der Waals surface area contributed by atoms with E-state index in [2.05, 4.69) is 11.9 Å². The molecule has 1 rings (SSSR count). The van der Waals surface area contributed by atoms with E-state index in [0.29, 0.717) is 6.54 Å². The van der Waals surface area contributed by atoms with Gasteiger partial charge in [0.15, 0.2) is 0 Å². The van der Waals surface area contributed by atoms with Crippen molar-refractivity contribution in [2.24, 2.45) is 0 Å². The number of amides is 1. The lowest BCUT2D eigenvalue weighted by atomic mass is 10.1. The Morgan fingerprint density at radius 3 is 2.82 bits per heavy atom. The van der Waals surface area contributed by atoms with Crippen LogP contribution in [0.5, 0.6) is 0 Å². The fourth-order valence-electron chi connectivity index (χ4n) is 1.28. The van der Waals surface area contributed by atoms with E-state index in [1.165, 1.54) is 0 Å². The van der Waals surface area contributed by atoms with E-state index in [4.69, 9.17) is 11.6 Å². The summed E-state index contributed by atoms with van der Waals surface area (Å²) >= 11 is 7.79. The molecule has 0 aliphatic rings. The second kappa shape index (κ2) is 8.20. The fourth-order valence-corrected chi connectivity index (χ4v) is 2.08. The number of nitrogens with one attached hydrogen (secondary N) is 1. The standard InChI is InChI=1S/C13H16ClNOS/c1-2-9-17-10-8-15-13(16)12(14)11-6-4-3-5-7-11/h2-7,12H,1,8-10H2,(H,15,16). The Hall–Kier alpha value is -0.930. The Morgan fingerprint density at radius 1 is 1.47 bits per heavy atom. The van der Waals surface area contributed by atoms with Gasteiger partial charge in [-0.05, 0) is 5.56 Å². The van der Waals surface area contributed by atoms with Crippen molar-refractivity contribution in [2.75, 3.05) is 18.1 Å². The maximum Gasteiger partial charge on any atom is 0.242 e. The van der Waals surface area contributed by atoms with Crippen LogP contribution in [-0.4, -0.2) is 24.0 Å². The number of hydrogen-bond acceptors (Lipinski definition) is 2. The van der Waals surface area contributed by atoms with Crippen LogP contribution in [0.25, 0.3) is 0 Å². The molecule has 17 heavy (non-hydrogen) atoms. The molecule has 1 aromatic rings. The zero-order valence-corrected chi connectivity index (χ0v) is 11.1. The highest BCUT2D eigenvalue weighted by Gasteiger charge is 2.16. The summed E-state index contributed by atoms with van der Waals surface area (Å²) in [6, 6.07) is 9.35. The molecule has 0 fully saturated rings. The topological polar surface area (TPSA) is 29.1 Å². The third-order valence-corrected chi connectivity index (χ3v) is 3.52. The lowest BCUT2D eigenvalue weighted by molar-refractivity contribution is -0.120. The number of benzene rings is 1. The number of alkyl halides is 1. The molecule has 1 N–H and O–H groups in total. The van der Waals surface area contributed by atoms with E-state index < -0.39 is 5.38 Å². The Labute approximate surface area is 111 Å². The van der Waals surface area contributed by atoms with Crippen LogP contribution in [0.3, 0.4) is 0 Å². The minimum absolute atomic E-state index is 0.142. The first-order chi connectivity index (χ1) is 8.25. The van der Waals surface area contributed by atoms with Crippen LogP contribution >= 0.6 is 23.4 Å². The van der Waals surface area contributed by atoms with E-state index in [9.17, 15) is 4.79 Å². The zero-order valence-electron chi connectivity index (χ0n) is 9.56. The smallest absolute Gasteiger partial charge is 0.242 e. The van der Waals surface area contributed by atoms with Crippen molar-refractivity contribution >= 4 is 29.3 Å². The van der Waals surface area contributed by atoms with Crippen LogP contribution < -0.4 is 5.32 Å². The number of halogens is 1. The first-order valence-corrected chi connectivity index (χ1v) is 7.00. The van der Waals surface area contributed by atoms with Crippen LogP contribution in [-0.2, 0) is 4.79 Å². The first kappa shape index (κ1) is 14.1. The molecule has 0 aromatic heterocycles. The van der Waals surface area contributed by atoms with Crippen molar-refractivity contribution in [1.82, 2.24) is 5.32 Å². The van der Waals surface area contributed by atoms with Crippen LogP contribution in [0.15, 0.2) is 43.0 Å². The molecule has 0 aliphatic carbocycles. The van der Waals surface area contributed by atoms with Gasteiger partial charge in [-0.3, -0.25) is 4.79 Å². The average molecular weight is 270 g/mol. The molecule has 1 atom stereocenters. The Bertz CT molecular complexity index is 356. The molecular weight excluding hydrogens is 254 g/mol. The lowest BCUT2D eigenvalue weighted by Gasteiger charge is -2.10. The summed E-state index contributed by atoms with van der Waals surface area (Å²) in [5.41, 5.74) is 0.824. The molecule has 0 saturated carbocycles. The van der Waals surface area contributed by atoms with Crippen molar-refractivity contribution in [3.8, 4) is 0 Å². The minimum Gasteiger partial charge on any atom is -0.354 e. The van der Waals surface area contributed by atoms with Gasteiger partial charge in [0.2, 0.25) is 5.91 Å². The maximum absolute atomic E-state index is 11.7. The lowest BCUT2D eigenvalue weighted by Crippen LogP contribution is -2.29. The van der Waals surface area contributed by atoms with Gasteiger partial charge in [-0.1, -0.05) is 36.4 Å². The Balaban J connectivity index is 2.30. The number of thioether (sulfide) groups is 1. The summed E-state index contributed by atoms with van der Waals surface area (Å²) in [5.74, 6) is 1.63. The second-order valence-corrected chi connectivity index (χ2v) is 5.01. The van der Waals surface area contributed by atoms with Gasteiger partial charge in [0.1, 0.15) is 5.38 Å². The third-order valence-electron chi connectivity index (χ3n) is 2.10. The normalized spacial score (nSPS) is 11.8. The van der Waals surface area contributed by atoms with Crippen LogP contribution in [0.1, 0.15) is 10.9 Å². The quantitative estimate of drug-likeness (QED) is 0.468. The molecule has 0 bridgehead atoms. The molecule has 1 amide bonds. The predicted octanol–water partition coefficient (Wildman–Crippen LogP) is 3.00. The highest BCUT2D eigenvalue weighted by Crippen LogP contribution is 2.19. The van der Waals surface area contributed by atoms with E-state index in [-0.39, 0.29) is 5.91 Å². The van der Waals surface area contributed by atoms with Crippen LogP contribution in [0.2, 0.25) is 0 Å². The van der Waals surface area contributed by atoms with Gasteiger partial charge < -0.3 is 5.32 Å². The summed E-state index contributed by atoms with van der Waals surface area (Å²) < 4.78 is 0. The molecule has 1 aromatic carbocycles. The monoisotopic (exact) mass is 269 g/mol. The highest BCUT2D eigenvalue weighted by atomic mass is 35.5. The molecule has 0 heterocycles. The van der Waals surface area contributed by atoms with Gasteiger partial charge in [-0.15, -0.1) is 18.2 Å². The average Bonchev–Trinajstić information content (AvgIpc) is 2.38.